The Kier molecular flexibility index (Phi) is 10.2. The number of ether oxygens (including phenoxy) is 1. The van der Waals surface area contributed by atoms with Gasteiger partial charge in [-0.3, -0.25) is 0 Å². The van der Waals surface area contributed by atoms with Gasteiger partial charge in [-0.15, -0.1) is 0 Å². The number of rotatable bonds is 11. The van der Waals surface area contributed by atoms with Crippen molar-refractivity contribution in [1.29, 1.82) is 0 Å². The van der Waals surface area contributed by atoms with Crippen LogP contribution in [-0.2, 0) is 0 Å². The van der Waals surface area contributed by atoms with E-state index < -0.39 is 5.97 Å². The zero-order chi connectivity index (χ0) is 18.8. The fourth-order valence-corrected chi connectivity index (χ4v) is 3.51. The molecule has 0 amide bonds. The highest BCUT2D eigenvalue weighted by molar-refractivity contribution is 9.09. The number of alkyl halides is 2. The first kappa shape index (κ1) is 22.0. The summed E-state index contributed by atoms with van der Waals surface area (Å²) in [4.78, 5) is 12.4. The zero-order valence-corrected chi connectivity index (χ0v) is 17.8. The van der Waals surface area contributed by atoms with Gasteiger partial charge < -0.3 is 14.9 Å². The van der Waals surface area contributed by atoms with Gasteiger partial charge in [-0.05, 0) is 43.7 Å². The molecule has 0 spiro atoms. The van der Waals surface area contributed by atoms with E-state index in [-0.39, 0.29) is 11.3 Å². The van der Waals surface area contributed by atoms with Crippen molar-refractivity contribution in [3.63, 3.8) is 0 Å². The van der Waals surface area contributed by atoms with Crippen molar-refractivity contribution >= 4 is 43.9 Å². The first-order valence-electron chi connectivity index (χ1n) is 8.44. The van der Waals surface area contributed by atoms with Gasteiger partial charge in [0, 0.05) is 15.7 Å². The second kappa shape index (κ2) is 11.6. The maximum Gasteiger partial charge on any atom is 0.340 e. The number of phenols is 1. The van der Waals surface area contributed by atoms with Crippen LogP contribution >= 0.6 is 31.9 Å². The van der Waals surface area contributed by atoms with Crippen molar-refractivity contribution in [3.8, 4) is 11.5 Å². The Hall–Kier alpha value is -1.01. The molecule has 1 aromatic carbocycles. The summed E-state index contributed by atoms with van der Waals surface area (Å²) in [5.74, 6) is -1.00. The summed E-state index contributed by atoms with van der Waals surface area (Å²) < 4.78 is 5.09. The fourth-order valence-electron chi connectivity index (χ4n) is 2.54. The molecule has 0 aromatic heterocycles. The quantitative estimate of drug-likeness (QED) is 0.303. The number of benzene rings is 1. The lowest BCUT2D eigenvalue weighted by Crippen LogP contribution is -2.01. The van der Waals surface area contributed by atoms with Gasteiger partial charge in [0.15, 0.2) is 0 Å². The summed E-state index contributed by atoms with van der Waals surface area (Å²) in [7, 11) is 1.48. The molecule has 0 radical (unpaired) electrons. The maximum atomic E-state index is 11.3. The maximum absolute atomic E-state index is 11.3. The van der Waals surface area contributed by atoms with Gasteiger partial charge in [-0.1, -0.05) is 57.4 Å². The minimum absolute atomic E-state index is 0.0979. The normalized spacial score (nSPS) is 13.8. The van der Waals surface area contributed by atoms with Crippen molar-refractivity contribution in [1.82, 2.24) is 0 Å². The van der Waals surface area contributed by atoms with Crippen LogP contribution in [0.15, 0.2) is 18.2 Å². The second-order valence-electron chi connectivity index (χ2n) is 6.06. The van der Waals surface area contributed by atoms with E-state index in [1.807, 2.05) is 6.08 Å². The first-order chi connectivity index (χ1) is 11.8. The number of carbonyl (C=O) groups is 1. The number of carboxylic acids is 1. The van der Waals surface area contributed by atoms with Gasteiger partial charge in [0.2, 0.25) is 0 Å². The minimum Gasteiger partial charge on any atom is -0.507 e. The molecule has 0 heterocycles. The molecule has 0 aliphatic heterocycles. The second-order valence-corrected chi connectivity index (χ2v) is 8.92. The minimum atomic E-state index is -1.15. The number of aromatic hydroxyl groups is 1. The van der Waals surface area contributed by atoms with Gasteiger partial charge in [0.25, 0.3) is 0 Å². The SMILES string of the molecule is COc1cc(O)c(C(=O)O)c(/C=C/CCCC(Br)CCCC(C)Br)c1. The molecule has 6 heteroatoms. The standard InChI is InChI=1S/C19H26Br2O4/c1-13(20)7-6-10-15(21)9-5-3-4-8-14-11-16(25-2)12-17(22)18(14)19(23)24/h4,8,11-13,15,22H,3,5-7,9-10H2,1-2H3,(H,23,24)/b8-4+. The third-order valence-corrected chi connectivity index (χ3v) is 5.25. The average molecular weight is 478 g/mol. The molecule has 0 bridgehead atoms. The Morgan fingerprint density at radius 3 is 2.52 bits per heavy atom. The van der Waals surface area contributed by atoms with Gasteiger partial charge in [0.1, 0.15) is 17.1 Å². The van der Waals surface area contributed by atoms with Gasteiger partial charge >= 0.3 is 5.97 Å². The zero-order valence-electron chi connectivity index (χ0n) is 14.7. The van der Waals surface area contributed by atoms with E-state index in [4.69, 9.17) is 4.74 Å². The van der Waals surface area contributed by atoms with E-state index in [2.05, 4.69) is 38.8 Å². The Balaban J connectivity index is 2.53. The lowest BCUT2D eigenvalue weighted by atomic mass is 10.0. The molecule has 0 fully saturated rings. The van der Waals surface area contributed by atoms with Crippen molar-refractivity contribution in [2.45, 2.75) is 55.1 Å². The van der Waals surface area contributed by atoms with Crippen molar-refractivity contribution in [3.05, 3.63) is 29.3 Å². The monoisotopic (exact) mass is 476 g/mol. The molecular weight excluding hydrogens is 452 g/mol. The largest absolute Gasteiger partial charge is 0.507 e. The van der Waals surface area contributed by atoms with Gasteiger partial charge in [0.05, 0.1) is 7.11 Å². The Bertz CT molecular complexity index is 585. The Morgan fingerprint density at radius 1 is 1.24 bits per heavy atom. The summed E-state index contributed by atoms with van der Waals surface area (Å²) in [5.41, 5.74) is 0.352. The first-order valence-corrected chi connectivity index (χ1v) is 10.3. The summed E-state index contributed by atoms with van der Waals surface area (Å²) in [6.07, 6.45) is 10.2. The van der Waals surface area contributed by atoms with Crippen LogP contribution in [0.3, 0.4) is 0 Å². The van der Waals surface area contributed by atoms with Gasteiger partial charge in [-0.25, -0.2) is 4.79 Å². The van der Waals surface area contributed by atoms with Crippen LogP contribution in [0.25, 0.3) is 6.08 Å². The van der Waals surface area contributed by atoms with Crippen LogP contribution in [0.1, 0.15) is 61.4 Å². The highest BCUT2D eigenvalue weighted by atomic mass is 79.9. The number of carboxylic acid groups (broad SMARTS) is 1. The van der Waals surface area contributed by atoms with Crippen LogP contribution < -0.4 is 4.74 Å². The Labute approximate surface area is 166 Å². The average Bonchev–Trinajstić information content (AvgIpc) is 2.53. The van der Waals surface area contributed by atoms with Crippen LogP contribution in [0, 0.1) is 0 Å². The van der Waals surface area contributed by atoms with E-state index in [1.54, 1.807) is 12.1 Å². The Morgan fingerprint density at radius 2 is 1.92 bits per heavy atom. The number of aromatic carboxylic acids is 1. The van der Waals surface area contributed by atoms with E-state index in [0.717, 1.165) is 25.7 Å². The molecule has 2 N–H and O–H groups in total. The van der Waals surface area contributed by atoms with E-state index in [0.29, 0.717) is 21.0 Å². The van der Waals surface area contributed by atoms with Crippen LogP contribution in [-0.4, -0.2) is 32.9 Å². The predicted octanol–water partition coefficient (Wildman–Crippen LogP) is 6.00. The molecule has 25 heavy (non-hydrogen) atoms. The van der Waals surface area contributed by atoms with Gasteiger partial charge in [-0.2, -0.15) is 0 Å². The highest BCUT2D eigenvalue weighted by Crippen LogP contribution is 2.29. The smallest absolute Gasteiger partial charge is 0.340 e. The molecule has 140 valence electrons. The van der Waals surface area contributed by atoms with E-state index in [1.165, 1.54) is 26.0 Å². The third kappa shape index (κ3) is 8.27. The fraction of sp³-hybridized carbons (Fsp3) is 0.526. The van der Waals surface area contributed by atoms with Crippen LogP contribution in [0.2, 0.25) is 0 Å². The summed E-state index contributed by atoms with van der Waals surface area (Å²) >= 11 is 7.28. The van der Waals surface area contributed by atoms with Crippen LogP contribution in [0.5, 0.6) is 11.5 Å². The lowest BCUT2D eigenvalue weighted by molar-refractivity contribution is 0.0693. The topological polar surface area (TPSA) is 66.8 Å². The lowest BCUT2D eigenvalue weighted by Gasteiger charge is -2.09. The van der Waals surface area contributed by atoms with E-state index in [9.17, 15) is 15.0 Å². The molecular formula is C19H26Br2O4. The number of allylic oxidation sites excluding steroid dienone is 1. The molecule has 1 rings (SSSR count). The molecule has 4 nitrogen and oxygen atoms in total. The van der Waals surface area contributed by atoms with Crippen molar-refractivity contribution in [2.75, 3.05) is 7.11 Å². The number of unbranched alkanes of at least 4 members (excludes halogenated alkanes) is 1. The molecule has 2 unspecified atom stereocenters. The summed E-state index contributed by atoms with van der Waals surface area (Å²) in [6.45, 7) is 2.16. The summed E-state index contributed by atoms with van der Waals surface area (Å²) in [6, 6.07) is 2.93. The van der Waals surface area contributed by atoms with E-state index >= 15 is 0 Å². The van der Waals surface area contributed by atoms with Crippen molar-refractivity contribution < 1.29 is 19.7 Å². The third-order valence-electron chi connectivity index (χ3n) is 3.88. The molecule has 2 atom stereocenters. The molecule has 0 saturated heterocycles. The van der Waals surface area contributed by atoms with Crippen LogP contribution in [0.4, 0.5) is 0 Å². The predicted molar refractivity (Wildman–Crippen MR) is 109 cm³/mol. The highest BCUT2D eigenvalue weighted by Gasteiger charge is 2.15. The summed E-state index contributed by atoms with van der Waals surface area (Å²) in [5, 5.41) is 19.1. The number of hydrogen-bond donors (Lipinski definition) is 2. The number of hydrogen-bond acceptors (Lipinski definition) is 3. The molecule has 0 aliphatic rings. The molecule has 0 aliphatic carbocycles. The number of halogens is 2. The molecule has 0 saturated carbocycles. The number of methoxy groups -OCH3 is 1. The van der Waals surface area contributed by atoms with Crippen molar-refractivity contribution in [2.24, 2.45) is 0 Å². The molecule has 1 aromatic rings.